The summed E-state index contributed by atoms with van der Waals surface area (Å²) in [4.78, 5) is 8.00. The van der Waals surface area contributed by atoms with E-state index in [9.17, 15) is 0 Å². The monoisotopic (exact) mass is 247 g/mol. The van der Waals surface area contributed by atoms with E-state index in [1.165, 1.54) is 6.20 Å². The lowest BCUT2D eigenvalue weighted by molar-refractivity contribution is 0.900. The maximum atomic E-state index is 5.93. The van der Waals surface area contributed by atoms with Gasteiger partial charge >= 0.3 is 0 Å². The molecule has 0 saturated heterocycles. The van der Waals surface area contributed by atoms with Gasteiger partial charge in [0.05, 0.1) is 6.20 Å². The van der Waals surface area contributed by atoms with Gasteiger partial charge in [0, 0.05) is 11.8 Å². The van der Waals surface area contributed by atoms with Crippen LogP contribution in [-0.4, -0.2) is 28.0 Å². The maximum Gasteiger partial charge on any atom is 0.239 e. The van der Waals surface area contributed by atoms with Gasteiger partial charge in [0.1, 0.15) is 5.02 Å². The van der Waals surface area contributed by atoms with E-state index in [1.54, 1.807) is 11.8 Å². The van der Waals surface area contributed by atoms with Crippen LogP contribution in [0.25, 0.3) is 0 Å². The Morgan fingerprint density at radius 1 is 1.67 bits per heavy atom. The number of aromatic nitrogens is 2. The molecule has 5 nitrogen and oxygen atoms in total. The number of nitrogens with zero attached hydrogens (tertiary/aromatic N) is 2. The summed E-state index contributed by atoms with van der Waals surface area (Å²) in [6.07, 6.45) is 3.56. The largest absolute Gasteiger partial charge is 0.365 e. The van der Waals surface area contributed by atoms with Crippen LogP contribution in [0.3, 0.4) is 0 Å². The van der Waals surface area contributed by atoms with E-state index in [0.29, 0.717) is 16.8 Å². The number of nitrogen functional groups attached to an aromatic ring is 1. The van der Waals surface area contributed by atoms with Crippen molar-refractivity contribution in [2.45, 2.75) is 13.0 Å². The van der Waals surface area contributed by atoms with Crippen molar-refractivity contribution in [2.24, 2.45) is 5.84 Å². The third-order valence-corrected chi connectivity index (χ3v) is 2.78. The lowest BCUT2D eigenvalue weighted by atomic mass is 10.4. The number of hydrazine groups is 1. The Kier molecular flexibility index (Phi) is 4.93. The van der Waals surface area contributed by atoms with E-state index in [2.05, 4.69) is 27.6 Å². The van der Waals surface area contributed by atoms with Crippen LogP contribution in [0.1, 0.15) is 6.92 Å². The molecule has 1 aromatic heterocycles. The molecule has 1 aromatic rings. The van der Waals surface area contributed by atoms with Crippen LogP contribution in [-0.2, 0) is 0 Å². The number of nitrogens with one attached hydrogen (secondary N) is 2. The van der Waals surface area contributed by atoms with E-state index in [0.717, 1.165) is 5.75 Å². The van der Waals surface area contributed by atoms with Gasteiger partial charge in [-0.25, -0.2) is 10.8 Å². The van der Waals surface area contributed by atoms with Gasteiger partial charge in [0.25, 0.3) is 0 Å². The van der Waals surface area contributed by atoms with Crippen molar-refractivity contribution in [1.82, 2.24) is 9.97 Å². The molecular formula is C8H14ClN5S. The molecule has 1 unspecified atom stereocenters. The van der Waals surface area contributed by atoms with E-state index in [1.807, 2.05) is 6.26 Å². The second kappa shape index (κ2) is 5.99. The molecule has 0 spiro atoms. The highest BCUT2D eigenvalue weighted by Crippen LogP contribution is 2.20. The van der Waals surface area contributed by atoms with Gasteiger partial charge in [-0.15, -0.1) is 0 Å². The molecule has 0 aliphatic carbocycles. The van der Waals surface area contributed by atoms with Crippen molar-refractivity contribution in [3.05, 3.63) is 11.2 Å². The summed E-state index contributed by atoms with van der Waals surface area (Å²) in [5, 5.41) is 3.67. The Balaban J connectivity index is 2.74. The molecule has 0 aliphatic heterocycles. The van der Waals surface area contributed by atoms with Crippen molar-refractivity contribution >= 4 is 35.1 Å². The summed E-state index contributed by atoms with van der Waals surface area (Å²) >= 11 is 7.69. The van der Waals surface area contributed by atoms with Crippen LogP contribution in [0.15, 0.2) is 6.20 Å². The maximum absolute atomic E-state index is 5.93. The first-order valence-electron chi connectivity index (χ1n) is 4.42. The first-order chi connectivity index (χ1) is 7.17. The fourth-order valence-electron chi connectivity index (χ4n) is 1.06. The Labute approximate surface area is 98.2 Å². The predicted molar refractivity (Wildman–Crippen MR) is 66.3 cm³/mol. The van der Waals surface area contributed by atoms with Crippen LogP contribution >= 0.6 is 23.4 Å². The zero-order valence-electron chi connectivity index (χ0n) is 8.62. The van der Waals surface area contributed by atoms with Crippen molar-refractivity contribution in [3.63, 3.8) is 0 Å². The average molecular weight is 248 g/mol. The van der Waals surface area contributed by atoms with Gasteiger partial charge in [-0.1, -0.05) is 11.6 Å². The molecular weight excluding hydrogens is 234 g/mol. The second-order valence-electron chi connectivity index (χ2n) is 3.04. The van der Waals surface area contributed by atoms with Crippen LogP contribution in [0.5, 0.6) is 0 Å². The normalized spacial score (nSPS) is 12.3. The van der Waals surface area contributed by atoms with E-state index in [-0.39, 0.29) is 6.04 Å². The molecule has 1 rings (SSSR count). The van der Waals surface area contributed by atoms with Crippen LogP contribution in [0.2, 0.25) is 5.02 Å². The summed E-state index contributed by atoms with van der Waals surface area (Å²) in [5.74, 6) is 7.13. The molecule has 0 aliphatic rings. The number of halogens is 1. The lowest BCUT2D eigenvalue weighted by Crippen LogP contribution is -2.20. The lowest BCUT2D eigenvalue weighted by Gasteiger charge is -2.14. The molecule has 0 amide bonds. The molecule has 84 valence electrons. The topological polar surface area (TPSA) is 75.9 Å². The molecule has 4 N–H and O–H groups in total. The average Bonchev–Trinajstić information content (AvgIpc) is 2.21. The Morgan fingerprint density at radius 3 is 3.00 bits per heavy atom. The first kappa shape index (κ1) is 12.4. The molecule has 1 atom stereocenters. The molecule has 7 heteroatoms. The van der Waals surface area contributed by atoms with Crippen LogP contribution < -0.4 is 16.6 Å². The van der Waals surface area contributed by atoms with Gasteiger partial charge in [0.2, 0.25) is 5.95 Å². The highest BCUT2D eigenvalue weighted by Gasteiger charge is 2.07. The molecule has 1 heterocycles. The molecule has 0 fully saturated rings. The number of rotatable bonds is 5. The first-order valence-corrected chi connectivity index (χ1v) is 6.19. The second-order valence-corrected chi connectivity index (χ2v) is 4.35. The van der Waals surface area contributed by atoms with Gasteiger partial charge < -0.3 is 5.32 Å². The van der Waals surface area contributed by atoms with E-state index >= 15 is 0 Å². The van der Waals surface area contributed by atoms with Crippen molar-refractivity contribution < 1.29 is 0 Å². The number of thioether (sulfide) groups is 1. The quantitative estimate of drug-likeness (QED) is 0.542. The summed E-state index contributed by atoms with van der Waals surface area (Å²) in [6, 6.07) is 0.290. The highest BCUT2D eigenvalue weighted by molar-refractivity contribution is 7.98. The zero-order chi connectivity index (χ0) is 11.3. The highest BCUT2D eigenvalue weighted by atomic mass is 35.5. The fourth-order valence-corrected chi connectivity index (χ4v) is 1.79. The summed E-state index contributed by atoms with van der Waals surface area (Å²) < 4.78 is 0. The minimum absolute atomic E-state index is 0.290. The molecule has 0 aromatic carbocycles. The van der Waals surface area contributed by atoms with Crippen molar-refractivity contribution in [3.8, 4) is 0 Å². The zero-order valence-corrected chi connectivity index (χ0v) is 10.2. The molecule has 0 saturated carbocycles. The van der Waals surface area contributed by atoms with Crippen LogP contribution in [0, 0.1) is 0 Å². The number of anilines is 2. The number of hydrogen-bond donors (Lipinski definition) is 3. The Bertz CT molecular complexity index is 322. The SMILES string of the molecule is CSCC(C)Nc1nc(NN)ncc1Cl. The number of nitrogens with two attached hydrogens (primary N) is 1. The van der Waals surface area contributed by atoms with Crippen LogP contribution in [0.4, 0.5) is 11.8 Å². The van der Waals surface area contributed by atoms with E-state index < -0.39 is 0 Å². The van der Waals surface area contributed by atoms with Gasteiger partial charge in [-0.2, -0.15) is 16.7 Å². The third-order valence-electron chi connectivity index (χ3n) is 1.67. The molecule has 15 heavy (non-hydrogen) atoms. The molecule has 0 bridgehead atoms. The third kappa shape index (κ3) is 3.73. The predicted octanol–water partition coefficient (Wildman–Crippen LogP) is 1.58. The van der Waals surface area contributed by atoms with Gasteiger partial charge in [0.15, 0.2) is 5.82 Å². The fraction of sp³-hybridized carbons (Fsp3) is 0.500. The summed E-state index contributed by atoms with van der Waals surface area (Å²) in [5.41, 5.74) is 2.37. The molecule has 0 radical (unpaired) electrons. The van der Waals surface area contributed by atoms with E-state index in [4.69, 9.17) is 17.4 Å². The Morgan fingerprint density at radius 2 is 2.40 bits per heavy atom. The number of hydrogen-bond acceptors (Lipinski definition) is 6. The Hall–Kier alpha value is -0.720. The standard InChI is InChI=1S/C8H14ClN5S/c1-5(4-15-2)12-7-6(9)3-11-8(13-7)14-10/h3,5H,4,10H2,1-2H3,(H2,11,12,13,14). The van der Waals surface area contributed by atoms with Gasteiger partial charge in [-0.05, 0) is 13.2 Å². The van der Waals surface area contributed by atoms with Gasteiger partial charge in [-0.3, -0.25) is 5.43 Å². The van der Waals surface area contributed by atoms with Crippen molar-refractivity contribution in [2.75, 3.05) is 22.8 Å². The van der Waals surface area contributed by atoms with Crippen molar-refractivity contribution in [1.29, 1.82) is 0 Å². The minimum Gasteiger partial charge on any atom is -0.365 e. The smallest absolute Gasteiger partial charge is 0.239 e. The summed E-state index contributed by atoms with van der Waals surface area (Å²) in [6.45, 7) is 2.06. The summed E-state index contributed by atoms with van der Waals surface area (Å²) in [7, 11) is 0. The minimum atomic E-state index is 0.290.